The van der Waals surface area contributed by atoms with Crippen molar-refractivity contribution in [3.63, 3.8) is 0 Å². The van der Waals surface area contributed by atoms with Crippen molar-refractivity contribution in [2.24, 2.45) is 11.8 Å². The van der Waals surface area contributed by atoms with E-state index in [1.165, 1.54) is 25.0 Å². The van der Waals surface area contributed by atoms with Crippen LogP contribution in [0, 0.1) is 17.7 Å². The Balaban J connectivity index is 1.73. The minimum atomic E-state index is -0.666. The van der Waals surface area contributed by atoms with Crippen LogP contribution >= 0.6 is 23.2 Å². The van der Waals surface area contributed by atoms with Gasteiger partial charge in [0.25, 0.3) is 0 Å². The molecule has 1 saturated heterocycles. The molecule has 108 valence electrons. The second kappa shape index (κ2) is 5.51. The second-order valence-corrected chi connectivity index (χ2v) is 6.30. The zero-order chi connectivity index (χ0) is 14.3. The lowest BCUT2D eigenvalue weighted by molar-refractivity contribution is -0.118. The number of carbonyl (C=O) groups is 1. The number of hydrogen-bond acceptors (Lipinski definition) is 2. The molecule has 1 saturated carbocycles. The van der Waals surface area contributed by atoms with Crippen LogP contribution in [-0.4, -0.2) is 18.5 Å². The highest BCUT2D eigenvalue weighted by atomic mass is 35.5. The van der Waals surface area contributed by atoms with Gasteiger partial charge >= 0.3 is 0 Å². The number of nitrogens with one attached hydrogen (secondary N) is 2. The van der Waals surface area contributed by atoms with Gasteiger partial charge < -0.3 is 10.6 Å². The Bertz CT molecular complexity index is 529. The van der Waals surface area contributed by atoms with Gasteiger partial charge in [0.05, 0.1) is 16.1 Å². The van der Waals surface area contributed by atoms with Crippen LogP contribution in [0.2, 0.25) is 10.0 Å². The van der Waals surface area contributed by atoms with Crippen LogP contribution in [0.3, 0.4) is 0 Å². The fourth-order valence-electron chi connectivity index (χ4n) is 3.32. The molecule has 1 aliphatic carbocycles. The van der Waals surface area contributed by atoms with E-state index in [0.717, 1.165) is 13.0 Å². The van der Waals surface area contributed by atoms with Crippen molar-refractivity contribution in [2.75, 3.05) is 11.9 Å². The van der Waals surface area contributed by atoms with E-state index in [-0.39, 0.29) is 22.0 Å². The third kappa shape index (κ3) is 2.52. The molecule has 0 radical (unpaired) electrons. The van der Waals surface area contributed by atoms with Crippen molar-refractivity contribution in [2.45, 2.75) is 25.3 Å². The first kappa shape index (κ1) is 14.1. The summed E-state index contributed by atoms with van der Waals surface area (Å²) in [5.74, 6) is 0.242. The summed E-state index contributed by atoms with van der Waals surface area (Å²) in [5, 5.41) is 5.85. The van der Waals surface area contributed by atoms with E-state index in [1.54, 1.807) is 0 Å². The SMILES string of the molecule is O=C(Nc1cc(Cl)c(F)c(Cl)c1)C1NCC2CCCC21. The molecule has 1 aromatic rings. The van der Waals surface area contributed by atoms with Gasteiger partial charge in [-0.15, -0.1) is 0 Å². The Kier molecular flexibility index (Phi) is 3.89. The number of halogens is 3. The Morgan fingerprint density at radius 2 is 2.00 bits per heavy atom. The number of rotatable bonds is 2. The average Bonchev–Trinajstić information content (AvgIpc) is 2.97. The zero-order valence-electron chi connectivity index (χ0n) is 10.8. The summed E-state index contributed by atoms with van der Waals surface area (Å²) in [7, 11) is 0. The molecule has 0 bridgehead atoms. The fourth-order valence-corrected chi connectivity index (χ4v) is 3.81. The normalized spacial score (nSPS) is 28.4. The van der Waals surface area contributed by atoms with E-state index in [0.29, 0.717) is 17.5 Å². The number of amides is 1. The molecule has 1 amide bonds. The monoisotopic (exact) mass is 316 g/mol. The largest absolute Gasteiger partial charge is 0.325 e. The van der Waals surface area contributed by atoms with E-state index < -0.39 is 5.82 Å². The predicted molar refractivity (Wildman–Crippen MR) is 77.7 cm³/mol. The maximum Gasteiger partial charge on any atom is 0.241 e. The van der Waals surface area contributed by atoms with Crippen molar-refractivity contribution >= 4 is 34.8 Å². The lowest BCUT2D eigenvalue weighted by Gasteiger charge is -2.18. The van der Waals surface area contributed by atoms with Crippen LogP contribution in [0.5, 0.6) is 0 Å². The maximum atomic E-state index is 13.3. The molecule has 1 aromatic carbocycles. The Morgan fingerprint density at radius 3 is 2.70 bits per heavy atom. The smallest absolute Gasteiger partial charge is 0.241 e. The number of carbonyl (C=O) groups excluding carboxylic acids is 1. The van der Waals surface area contributed by atoms with E-state index in [1.807, 2.05) is 0 Å². The van der Waals surface area contributed by atoms with Crippen molar-refractivity contribution < 1.29 is 9.18 Å². The highest BCUT2D eigenvalue weighted by Crippen LogP contribution is 2.38. The summed E-state index contributed by atoms with van der Waals surface area (Å²) in [5.41, 5.74) is 0.426. The summed E-state index contributed by atoms with van der Waals surface area (Å²) < 4.78 is 13.3. The number of fused-ring (bicyclic) bond motifs is 1. The first-order valence-corrected chi connectivity index (χ1v) is 7.50. The van der Waals surface area contributed by atoms with Crippen LogP contribution in [0.4, 0.5) is 10.1 Å². The molecule has 6 heteroatoms. The van der Waals surface area contributed by atoms with E-state index in [4.69, 9.17) is 23.2 Å². The van der Waals surface area contributed by atoms with Gasteiger partial charge in [-0.3, -0.25) is 4.79 Å². The van der Waals surface area contributed by atoms with Gasteiger partial charge in [-0.2, -0.15) is 0 Å². The lowest BCUT2D eigenvalue weighted by Crippen LogP contribution is -2.39. The van der Waals surface area contributed by atoms with Crippen LogP contribution < -0.4 is 10.6 Å². The second-order valence-electron chi connectivity index (χ2n) is 5.48. The van der Waals surface area contributed by atoms with Crippen LogP contribution in [0.15, 0.2) is 12.1 Å². The molecule has 2 N–H and O–H groups in total. The topological polar surface area (TPSA) is 41.1 Å². The number of anilines is 1. The number of benzene rings is 1. The van der Waals surface area contributed by atoms with Crippen LogP contribution in [-0.2, 0) is 4.79 Å². The third-order valence-corrected chi connectivity index (χ3v) is 4.83. The van der Waals surface area contributed by atoms with E-state index in [9.17, 15) is 9.18 Å². The van der Waals surface area contributed by atoms with E-state index in [2.05, 4.69) is 10.6 Å². The molecule has 1 heterocycles. The molecule has 2 fully saturated rings. The molecule has 20 heavy (non-hydrogen) atoms. The van der Waals surface area contributed by atoms with Gasteiger partial charge in [0.1, 0.15) is 0 Å². The molecule has 3 unspecified atom stereocenters. The Morgan fingerprint density at radius 1 is 1.30 bits per heavy atom. The fraction of sp³-hybridized carbons (Fsp3) is 0.500. The maximum absolute atomic E-state index is 13.3. The molecule has 3 nitrogen and oxygen atoms in total. The first-order valence-electron chi connectivity index (χ1n) is 6.75. The van der Waals surface area contributed by atoms with Crippen molar-refractivity contribution in [1.29, 1.82) is 0 Å². The van der Waals surface area contributed by atoms with Gasteiger partial charge in [0.15, 0.2) is 5.82 Å². The molecular formula is C14H15Cl2FN2O. The summed E-state index contributed by atoms with van der Waals surface area (Å²) in [6.07, 6.45) is 3.46. The first-order chi connectivity index (χ1) is 9.56. The van der Waals surface area contributed by atoms with E-state index >= 15 is 0 Å². The molecule has 3 rings (SSSR count). The van der Waals surface area contributed by atoms with Crippen molar-refractivity contribution in [3.05, 3.63) is 28.0 Å². The van der Waals surface area contributed by atoms with Gasteiger partial charge in [-0.05, 0) is 43.4 Å². The van der Waals surface area contributed by atoms with Crippen molar-refractivity contribution in [3.8, 4) is 0 Å². The summed E-state index contributed by atoms with van der Waals surface area (Å²) in [4.78, 5) is 12.3. The number of hydrogen-bond donors (Lipinski definition) is 2. The Hall–Kier alpha value is -0.840. The lowest BCUT2D eigenvalue weighted by atomic mass is 9.93. The summed E-state index contributed by atoms with van der Waals surface area (Å²) in [6, 6.07) is 2.58. The predicted octanol–water partition coefficient (Wildman–Crippen LogP) is 3.46. The minimum Gasteiger partial charge on any atom is -0.325 e. The molecule has 1 aliphatic heterocycles. The molecule has 2 aliphatic rings. The van der Waals surface area contributed by atoms with Crippen molar-refractivity contribution in [1.82, 2.24) is 5.32 Å². The Labute approximate surface area is 126 Å². The summed E-state index contributed by atoms with van der Waals surface area (Å²) >= 11 is 11.4. The molecule has 0 aromatic heterocycles. The third-order valence-electron chi connectivity index (χ3n) is 4.28. The highest BCUT2D eigenvalue weighted by Gasteiger charge is 2.42. The minimum absolute atomic E-state index is 0.0917. The van der Waals surface area contributed by atoms with Crippen LogP contribution in [0.1, 0.15) is 19.3 Å². The van der Waals surface area contributed by atoms with Crippen LogP contribution in [0.25, 0.3) is 0 Å². The molecular weight excluding hydrogens is 302 g/mol. The average molecular weight is 317 g/mol. The van der Waals surface area contributed by atoms with Gasteiger partial charge in [0, 0.05) is 5.69 Å². The summed E-state index contributed by atoms with van der Waals surface area (Å²) in [6.45, 7) is 0.897. The quantitative estimate of drug-likeness (QED) is 0.820. The zero-order valence-corrected chi connectivity index (χ0v) is 12.3. The molecule has 0 spiro atoms. The standard InChI is InChI=1S/C14H15Cl2FN2O/c15-10-4-8(5-11(16)12(10)17)19-14(20)13-9-3-1-2-7(9)6-18-13/h4-5,7,9,13,18H,1-3,6H2,(H,19,20). The van der Waals surface area contributed by atoms with Gasteiger partial charge in [-0.1, -0.05) is 29.6 Å². The van der Waals surface area contributed by atoms with Gasteiger partial charge in [-0.25, -0.2) is 4.39 Å². The highest BCUT2D eigenvalue weighted by molar-refractivity contribution is 6.35. The van der Waals surface area contributed by atoms with Gasteiger partial charge in [0.2, 0.25) is 5.91 Å². The molecule has 3 atom stereocenters.